The molecule has 5 rings (SSSR count). The van der Waals surface area contributed by atoms with Crippen molar-refractivity contribution >= 4 is 28.8 Å². The molecule has 1 fully saturated rings. The number of carbonyl (C=O) groups is 1. The quantitative estimate of drug-likeness (QED) is 0.408. The van der Waals surface area contributed by atoms with Crippen molar-refractivity contribution in [2.75, 3.05) is 26.2 Å². The van der Waals surface area contributed by atoms with Crippen LogP contribution in [0.1, 0.15) is 15.4 Å². The molecule has 0 spiro atoms. The first-order valence-electron chi connectivity index (χ1n) is 10.6. The van der Waals surface area contributed by atoms with Gasteiger partial charge in [0.2, 0.25) is 0 Å². The van der Waals surface area contributed by atoms with Gasteiger partial charge in [0, 0.05) is 65.8 Å². The Hall–Kier alpha value is -2.93. The van der Waals surface area contributed by atoms with Gasteiger partial charge in [-0.3, -0.25) is 9.69 Å². The topological polar surface area (TPSA) is 41.4 Å². The van der Waals surface area contributed by atoms with Crippen LogP contribution in [-0.2, 0) is 6.54 Å². The summed E-state index contributed by atoms with van der Waals surface area (Å²) in [5.41, 5.74) is 3.86. The van der Waals surface area contributed by atoms with Crippen LogP contribution in [0.15, 0.2) is 78.4 Å². The molecular weight excluding hydrogens is 440 g/mol. The highest BCUT2D eigenvalue weighted by atomic mass is 35.5. The fourth-order valence-corrected chi connectivity index (χ4v) is 4.87. The van der Waals surface area contributed by atoms with E-state index in [1.807, 2.05) is 82.5 Å². The normalized spacial score (nSPS) is 14.6. The molecule has 2 aromatic heterocycles. The fraction of sp³-hybridized carbons (Fsp3) is 0.200. The number of piperazine rings is 1. The van der Waals surface area contributed by atoms with Gasteiger partial charge in [-0.2, -0.15) is 0 Å². The Balaban J connectivity index is 1.16. The Morgan fingerprint density at radius 1 is 0.938 bits per heavy atom. The number of carbonyl (C=O) groups excluding carboxylic acids is 1. The maximum absolute atomic E-state index is 12.9. The van der Waals surface area contributed by atoms with Gasteiger partial charge in [-0.05, 0) is 48.5 Å². The Labute approximate surface area is 196 Å². The van der Waals surface area contributed by atoms with Crippen molar-refractivity contribution in [3.8, 4) is 16.9 Å². The number of benzene rings is 2. The molecule has 2 aromatic carbocycles. The molecule has 1 amide bonds. The van der Waals surface area contributed by atoms with E-state index in [-0.39, 0.29) is 5.91 Å². The van der Waals surface area contributed by atoms with Crippen molar-refractivity contribution in [3.05, 3.63) is 94.0 Å². The number of hydrogen-bond donors (Lipinski definition) is 0. The molecule has 0 aliphatic carbocycles. The van der Waals surface area contributed by atoms with Crippen LogP contribution in [0.3, 0.4) is 0 Å². The van der Waals surface area contributed by atoms with Gasteiger partial charge in [0.1, 0.15) is 5.01 Å². The molecule has 5 nitrogen and oxygen atoms in total. The number of halogens is 1. The van der Waals surface area contributed by atoms with Gasteiger partial charge in [0.05, 0.1) is 12.2 Å². The third kappa shape index (κ3) is 4.63. The number of aromatic nitrogens is 2. The molecule has 0 unspecified atom stereocenters. The lowest BCUT2D eigenvalue weighted by atomic mass is 10.1. The maximum atomic E-state index is 12.9. The Morgan fingerprint density at radius 2 is 1.62 bits per heavy atom. The standard InChI is InChI=1S/C25H23ClN4OS/c26-21-7-3-19(4-8-21)23-18-32-24(27-23)17-28-13-15-30(16-14-28)25(31)20-5-9-22(10-6-20)29-11-1-2-12-29/h1-12,18H,13-17H2. The van der Waals surface area contributed by atoms with Gasteiger partial charge >= 0.3 is 0 Å². The molecule has 0 atom stereocenters. The predicted octanol–water partition coefficient (Wildman–Crippen LogP) is 5.21. The summed E-state index contributed by atoms with van der Waals surface area (Å²) in [6.07, 6.45) is 3.99. The Kier molecular flexibility index (Phi) is 6.08. The lowest BCUT2D eigenvalue weighted by Gasteiger charge is -2.34. The van der Waals surface area contributed by atoms with E-state index in [4.69, 9.17) is 16.6 Å². The third-order valence-electron chi connectivity index (χ3n) is 5.73. The molecule has 162 valence electrons. The molecule has 1 aliphatic rings. The molecule has 4 aromatic rings. The molecule has 0 saturated carbocycles. The van der Waals surface area contributed by atoms with Crippen molar-refractivity contribution in [2.45, 2.75) is 6.54 Å². The molecular formula is C25H23ClN4OS. The van der Waals surface area contributed by atoms with E-state index in [0.717, 1.165) is 65.3 Å². The van der Waals surface area contributed by atoms with Gasteiger partial charge < -0.3 is 9.47 Å². The minimum absolute atomic E-state index is 0.1000. The lowest BCUT2D eigenvalue weighted by molar-refractivity contribution is 0.0628. The molecule has 7 heteroatoms. The van der Waals surface area contributed by atoms with Crippen molar-refractivity contribution < 1.29 is 4.79 Å². The Morgan fingerprint density at radius 3 is 2.31 bits per heavy atom. The Bertz CT molecular complexity index is 1180. The number of nitrogens with zero attached hydrogens (tertiary/aromatic N) is 4. The maximum Gasteiger partial charge on any atom is 0.253 e. The second-order valence-electron chi connectivity index (χ2n) is 7.84. The van der Waals surface area contributed by atoms with E-state index >= 15 is 0 Å². The zero-order chi connectivity index (χ0) is 21.9. The van der Waals surface area contributed by atoms with Crippen LogP contribution in [0, 0.1) is 0 Å². The summed E-state index contributed by atoms with van der Waals surface area (Å²) in [7, 11) is 0. The van der Waals surface area contributed by atoms with Crippen molar-refractivity contribution in [1.82, 2.24) is 19.4 Å². The summed E-state index contributed by atoms with van der Waals surface area (Å²) in [5, 5.41) is 3.92. The molecule has 0 N–H and O–H groups in total. The van der Waals surface area contributed by atoms with E-state index in [1.165, 1.54) is 0 Å². The number of hydrogen-bond acceptors (Lipinski definition) is 4. The van der Waals surface area contributed by atoms with E-state index in [0.29, 0.717) is 0 Å². The SMILES string of the molecule is O=C(c1ccc(-n2cccc2)cc1)N1CCN(Cc2nc(-c3ccc(Cl)cc3)cs2)CC1. The molecule has 0 bridgehead atoms. The van der Waals surface area contributed by atoms with Crippen molar-refractivity contribution in [3.63, 3.8) is 0 Å². The first-order valence-corrected chi connectivity index (χ1v) is 11.9. The third-order valence-corrected chi connectivity index (χ3v) is 6.81. The van der Waals surface area contributed by atoms with Gasteiger partial charge in [0.15, 0.2) is 0 Å². The summed E-state index contributed by atoms with van der Waals surface area (Å²) in [6.45, 7) is 3.97. The lowest BCUT2D eigenvalue weighted by Crippen LogP contribution is -2.48. The molecule has 0 radical (unpaired) electrons. The average Bonchev–Trinajstić information content (AvgIpc) is 3.53. The number of amides is 1. The summed E-state index contributed by atoms with van der Waals surface area (Å²) < 4.78 is 2.03. The molecule has 32 heavy (non-hydrogen) atoms. The molecule has 3 heterocycles. The highest BCUT2D eigenvalue weighted by Crippen LogP contribution is 2.24. The fourth-order valence-electron chi connectivity index (χ4n) is 3.90. The van der Waals surface area contributed by atoms with E-state index in [9.17, 15) is 4.79 Å². The second-order valence-corrected chi connectivity index (χ2v) is 9.22. The first-order chi connectivity index (χ1) is 15.7. The summed E-state index contributed by atoms with van der Waals surface area (Å²) in [4.78, 5) is 22.0. The minimum atomic E-state index is 0.1000. The molecule has 1 aliphatic heterocycles. The number of rotatable bonds is 5. The van der Waals surface area contributed by atoms with Crippen LogP contribution in [0.2, 0.25) is 5.02 Å². The zero-order valence-electron chi connectivity index (χ0n) is 17.5. The van der Waals surface area contributed by atoms with Crippen LogP contribution < -0.4 is 0 Å². The van der Waals surface area contributed by atoms with E-state index < -0.39 is 0 Å². The van der Waals surface area contributed by atoms with Crippen molar-refractivity contribution in [2.24, 2.45) is 0 Å². The van der Waals surface area contributed by atoms with Crippen LogP contribution in [0.5, 0.6) is 0 Å². The minimum Gasteiger partial charge on any atom is -0.336 e. The summed E-state index contributed by atoms with van der Waals surface area (Å²) in [6, 6.07) is 19.6. The summed E-state index contributed by atoms with van der Waals surface area (Å²) in [5.74, 6) is 0.1000. The smallest absolute Gasteiger partial charge is 0.253 e. The number of thiazole rings is 1. The highest BCUT2D eigenvalue weighted by molar-refractivity contribution is 7.09. The zero-order valence-corrected chi connectivity index (χ0v) is 19.1. The predicted molar refractivity (Wildman–Crippen MR) is 130 cm³/mol. The van der Waals surface area contributed by atoms with Gasteiger partial charge in [0.25, 0.3) is 5.91 Å². The molecule has 1 saturated heterocycles. The van der Waals surface area contributed by atoms with Crippen LogP contribution in [0.4, 0.5) is 0 Å². The van der Waals surface area contributed by atoms with Gasteiger partial charge in [-0.15, -0.1) is 11.3 Å². The van der Waals surface area contributed by atoms with Gasteiger partial charge in [-0.1, -0.05) is 23.7 Å². The highest BCUT2D eigenvalue weighted by Gasteiger charge is 2.23. The second kappa shape index (κ2) is 9.28. The monoisotopic (exact) mass is 462 g/mol. The largest absolute Gasteiger partial charge is 0.336 e. The van der Waals surface area contributed by atoms with Gasteiger partial charge in [-0.25, -0.2) is 4.98 Å². The summed E-state index contributed by atoms with van der Waals surface area (Å²) >= 11 is 7.66. The first kappa shape index (κ1) is 20.9. The van der Waals surface area contributed by atoms with E-state index in [2.05, 4.69) is 10.3 Å². The van der Waals surface area contributed by atoms with Crippen LogP contribution >= 0.6 is 22.9 Å². The van der Waals surface area contributed by atoms with E-state index in [1.54, 1.807) is 11.3 Å². The van der Waals surface area contributed by atoms with Crippen LogP contribution in [0.25, 0.3) is 16.9 Å². The van der Waals surface area contributed by atoms with Crippen LogP contribution in [-0.4, -0.2) is 51.4 Å². The average molecular weight is 463 g/mol. The van der Waals surface area contributed by atoms with Crippen molar-refractivity contribution in [1.29, 1.82) is 0 Å².